The Morgan fingerprint density at radius 2 is 2.20 bits per heavy atom. The van der Waals surface area contributed by atoms with Crippen LogP contribution in [0.1, 0.15) is 29.1 Å². The molecule has 2 aromatic heterocycles. The van der Waals surface area contributed by atoms with E-state index in [1.807, 2.05) is 25.3 Å². The lowest BCUT2D eigenvalue weighted by Crippen LogP contribution is -2.43. The number of hydrogen-bond acceptors (Lipinski definition) is 6. The molecule has 1 fully saturated rings. The molecular weight excluding hydrogens is 322 g/mol. The van der Waals surface area contributed by atoms with Crippen molar-refractivity contribution in [2.24, 2.45) is 0 Å². The number of ether oxygens (including phenoxy) is 2. The van der Waals surface area contributed by atoms with Gasteiger partial charge in [-0.2, -0.15) is 0 Å². The van der Waals surface area contributed by atoms with E-state index in [1.54, 1.807) is 18.3 Å². The first-order chi connectivity index (χ1) is 12.3. The normalized spacial score (nSPS) is 16.4. The van der Waals surface area contributed by atoms with Crippen LogP contribution in [0.15, 0.2) is 41.1 Å². The van der Waals surface area contributed by atoms with Gasteiger partial charge < -0.3 is 19.2 Å². The molecule has 0 aliphatic carbocycles. The molecule has 2 aromatic rings. The molecule has 25 heavy (non-hydrogen) atoms. The van der Waals surface area contributed by atoms with Gasteiger partial charge in [-0.25, -0.2) is 0 Å². The van der Waals surface area contributed by atoms with E-state index < -0.39 is 0 Å². The quantitative estimate of drug-likeness (QED) is 0.826. The van der Waals surface area contributed by atoms with Crippen molar-refractivity contribution in [3.63, 3.8) is 0 Å². The van der Waals surface area contributed by atoms with Gasteiger partial charge in [0, 0.05) is 38.1 Å². The van der Waals surface area contributed by atoms with Crippen LogP contribution in [0.25, 0.3) is 0 Å². The topological polar surface area (TPSA) is 76.8 Å². The Labute approximate surface area is 146 Å². The van der Waals surface area contributed by atoms with Gasteiger partial charge in [-0.1, -0.05) is 6.07 Å². The number of furan rings is 1. The highest BCUT2D eigenvalue weighted by Crippen LogP contribution is 2.21. The Kier molecular flexibility index (Phi) is 6.03. The molecule has 1 N–H and O–H groups in total. The fourth-order valence-corrected chi connectivity index (χ4v) is 2.86. The summed E-state index contributed by atoms with van der Waals surface area (Å²) >= 11 is 0. The molecule has 3 rings (SSSR count). The Balaban J connectivity index is 1.66. The van der Waals surface area contributed by atoms with Crippen LogP contribution in [-0.2, 0) is 4.74 Å². The average Bonchev–Trinajstić information content (AvgIpc) is 3.13. The monoisotopic (exact) mass is 345 g/mol. The number of carbonyl (C=O) groups is 1. The third-order valence-corrected chi connectivity index (χ3v) is 4.10. The number of nitrogens with one attached hydrogen (secondary N) is 1. The zero-order chi connectivity index (χ0) is 17.5. The molecule has 0 aromatic carbocycles. The molecule has 0 spiro atoms. The Bertz CT molecular complexity index is 668. The van der Waals surface area contributed by atoms with Gasteiger partial charge in [-0.15, -0.1) is 0 Å². The highest BCUT2D eigenvalue weighted by Gasteiger charge is 2.24. The second-order valence-electron chi connectivity index (χ2n) is 5.71. The zero-order valence-corrected chi connectivity index (χ0v) is 14.3. The molecule has 0 saturated carbocycles. The largest absolute Gasteiger partial charge is 0.465 e. The number of rotatable bonds is 7. The van der Waals surface area contributed by atoms with Gasteiger partial charge in [0.25, 0.3) is 11.9 Å². The molecule has 0 radical (unpaired) electrons. The van der Waals surface area contributed by atoms with Crippen LogP contribution < -0.4 is 10.1 Å². The van der Waals surface area contributed by atoms with Crippen LogP contribution in [0, 0.1) is 0 Å². The minimum atomic E-state index is -0.256. The minimum Gasteiger partial charge on any atom is -0.465 e. The highest BCUT2D eigenvalue weighted by atomic mass is 16.6. The number of carbonyl (C=O) groups excluding carboxylic acids is 1. The number of hydrogen-bond donors (Lipinski definition) is 1. The Morgan fingerprint density at radius 3 is 2.92 bits per heavy atom. The van der Waals surface area contributed by atoms with E-state index >= 15 is 0 Å². The summed E-state index contributed by atoms with van der Waals surface area (Å²) in [6, 6.07) is 7.25. The standard InChI is InChI=1S/C18H23N3O4/c1-2-24-17-6-5-16(25-17)18(22)20-13-15(14-4-3-7-19-12-14)21-8-10-23-11-9-21/h3-7,12,15H,2,8-11,13H2,1H3,(H,20,22)/t15-/m0/s1. The lowest BCUT2D eigenvalue weighted by molar-refractivity contribution is 0.0161. The van der Waals surface area contributed by atoms with Gasteiger partial charge in [0.1, 0.15) is 0 Å². The van der Waals surface area contributed by atoms with Crippen LogP contribution in [0.2, 0.25) is 0 Å². The molecule has 0 unspecified atom stereocenters. The average molecular weight is 345 g/mol. The number of amides is 1. The molecule has 0 bridgehead atoms. The van der Waals surface area contributed by atoms with Crippen molar-refractivity contribution in [3.05, 3.63) is 48.0 Å². The fraction of sp³-hybridized carbons (Fsp3) is 0.444. The number of pyridine rings is 1. The first kappa shape index (κ1) is 17.4. The third kappa shape index (κ3) is 4.58. The molecule has 1 aliphatic heterocycles. The number of aromatic nitrogens is 1. The van der Waals surface area contributed by atoms with Gasteiger partial charge in [-0.3, -0.25) is 14.7 Å². The Hall–Kier alpha value is -2.38. The predicted molar refractivity (Wildman–Crippen MR) is 91.6 cm³/mol. The van der Waals surface area contributed by atoms with E-state index in [-0.39, 0.29) is 17.7 Å². The van der Waals surface area contributed by atoms with E-state index in [9.17, 15) is 4.79 Å². The SMILES string of the molecule is CCOc1ccc(C(=O)NC[C@@H](c2cccnc2)N2CCOCC2)o1. The van der Waals surface area contributed by atoms with E-state index in [0.29, 0.717) is 32.3 Å². The molecule has 3 heterocycles. The summed E-state index contributed by atoms with van der Waals surface area (Å²) in [5, 5.41) is 2.95. The first-order valence-electron chi connectivity index (χ1n) is 8.50. The molecule has 7 nitrogen and oxygen atoms in total. The Morgan fingerprint density at radius 1 is 1.36 bits per heavy atom. The molecule has 7 heteroatoms. The van der Waals surface area contributed by atoms with Crippen molar-refractivity contribution in [3.8, 4) is 5.95 Å². The van der Waals surface area contributed by atoms with Gasteiger partial charge in [0.2, 0.25) is 0 Å². The molecule has 134 valence electrons. The second kappa shape index (κ2) is 8.64. The maximum atomic E-state index is 12.4. The lowest BCUT2D eigenvalue weighted by atomic mass is 10.1. The summed E-state index contributed by atoms with van der Waals surface area (Å²) in [4.78, 5) is 18.9. The van der Waals surface area contributed by atoms with Crippen molar-refractivity contribution >= 4 is 5.91 Å². The van der Waals surface area contributed by atoms with Crippen molar-refractivity contribution < 1.29 is 18.7 Å². The second-order valence-corrected chi connectivity index (χ2v) is 5.71. The molecule has 1 aliphatic rings. The maximum absolute atomic E-state index is 12.4. The predicted octanol–water partition coefficient (Wildman–Crippen LogP) is 1.88. The summed E-state index contributed by atoms with van der Waals surface area (Å²) < 4.78 is 16.1. The molecule has 1 atom stereocenters. The van der Waals surface area contributed by atoms with Crippen LogP contribution in [0.3, 0.4) is 0 Å². The summed E-state index contributed by atoms with van der Waals surface area (Å²) in [5.41, 5.74) is 1.07. The number of nitrogens with zero attached hydrogens (tertiary/aromatic N) is 2. The molecule has 1 saturated heterocycles. The van der Waals surface area contributed by atoms with Gasteiger partial charge >= 0.3 is 0 Å². The van der Waals surface area contributed by atoms with E-state index in [0.717, 1.165) is 18.7 Å². The summed E-state index contributed by atoms with van der Waals surface area (Å²) in [7, 11) is 0. The van der Waals surface area contributed by atoms with Crippen molar-refractivity contribution in [2.45, 2.75) is 13.0 Å². The van der Waals surface area contributed by atoms with Crippen LogP contribution in [0.5, 0.6) is 5.95 Å². The highest BCUT2D eigenvalue weighted by molar-refractivity contribution is 5.91. The van der Waals surface area contributed by atoms with E-state index in [2.05, 4.69) is 15.2 Å². The van der Waals surface area contributed by atoms with Gasteiger partial charge in [0.05, 0.1) is 25.9 Å². The van der Waals surface area contributed by atoms with E-state index in [1.165, 1.54) is 0 Å². The van der Waals surface area contributed by atoms with E-state index in [4.69, 9.17) is 13.9 Å². The first-order valence-corrected chi connectivity index (χ1v) is 8.50. The molecule has 1 amide bonds. The number of morpholine rings is 1. The van der Waals surface area contributed by atoms with Gasteiger partial charge in [-0.05, 0) is 24.6 Å². The molecular formula is C18H23N3O4. The summed E-state index contributed by atoms with van der Waals surface area (Å²) in [5.74, 6) is 0.341. The smallest absolute Gasteiger partial charge is 0.287 e. The summed E-state index contributed by atoms with van der Waals surface area (Å²) in [6.07, 6.45) is 3.59. The zero-order valence-electron chi connectivity index (χ0n) is 14.3. The van der Waals surface area contributed by atoms with Crippen LogP contribution in [0.4, 0.5) is 0 Å². The lowest BCUT2D eigenvalue weighted by Gasteiger charge is -2.34. The van der Waals surface area contributed by atoms with Crippen molar-refractivity contribution in [1.82, 2.24) is 15.2 Å². The van der Waals surface area contributed by atoms with Crippen molar-refractivity contribution in [1.29, 1.82) is 0 Å². The van der Waals surface area contributed by atoms with Crippen LogP contribution >= 0.6 is 0 Å². The fourth-order valence-electron chi connectivity index (χ4n) is 2.86. The minimum absolute atomic E-state index is 0.0443. The maximum Gasteiger partial charge on any atom is 0.287 e. The third-order valence-electron chi connectivity index (χ3n) is 4.10. The van der Waals surface area contributed by atoms with Crippen LogP contribution in [-0.4, -0.2) is 55.2 Å². The summed E-state index contributed by atoms with van der Waals surface area (Å²) in [6.45, 7) is 5.86. The van der Waals surface area contributed by atoms with Gasteiger partial charge in [0.15, 0.2) is 5.76 Å². The van der Waals surface area contributed by atoms with Crippen molar-refractivity contribution in [2.75, 3.05) is 39.5 Å².